The van der Waals surface area contributed by atoms with Gasteiger partial charge in [-0.25, -0.2) is 0 Å². The fraction of sp³-hybridized carbons (Fsp3) is 0.625. The van der Waals surface area contributed by atoms with Gasteiger partial charge in [-0.2, -0.15) is 0 Å². The van der Waals surface area contributed by atoms with Gasteiger partial charge in [0.2, 0.25) is 0 Å². The minimum Gasteiger partial charge on any atom is -0.383 e. The van der Waals surface area contributed by atoms with Crippen molar-refractivity contribution in [3.8, 4) is 0 Å². The second kappa shape index (κ2) is 6.68. The smallest absolute Gasteiger partial charge is 0.0659 e. The third-order valence-corrected chi connectivity index (χ3v) is 4.57. The van der Waals surface area contributed by atoms with Crippen molar-refractivity contribution >= 4 is 0 Å². The molecular weight excluding hydrogens is 250 g/mol. The Labute approximate surface area is 121 Å². The van der Waals surface area contributed by atoms with E-state index in [1.807, 2.05) is 0 Å². The molecular formula is C16H25N3O. The van der Waals surface area contributed by atoms with Crippen LogP contribution in [0.4, 0.5) is 0 Å². The molecule has 0 aromatic heterocycles. The molecule has 2 aliphatic rings. The van der Waals surface area contributed by atoms with Gasteiger partial charge in [0.15, 0.2) is 0 Å². The van der Waals surface area contributed by atoms with Crippen LogP contribution in [-0.4, -0.2) is 68.8 Å². The molecule has 4 nitrogen and oxygen atoms in total. The molecule has 0 bridgehead atoms. The number of methoxy groups -OCH3 is 1. The van der Waals surface area contributed by atoms with Crippen molar-refractivity contribution in [2.75, 3.05) is 53.0 Å². The first kappa shape index (κ1) is 14.0. The third-order valence-electron chi connectivity index (χ3n) is 4.57. The second-order valence-corrected chi connectivity index (χ2v) is 5.77. The summed E-state index contributed by atoms with van der Waals surface area (Å²) in [6, 6.07) is 11.9. The maximum absolute atomic E-state index is 5.45. The number of piperazine rings is 1. The largest absolute Gasteiger partial charge is 0.383 e. The first-order valence-electron chi connectivity index (χ1n) is 7.61. The second-order valence-electron chi connectivity index (χ2n) is 5.77. The van der Waals surface area contributed by atoms with Crippen molar-refractivity contribution in [1.29, 1.82) is 0 Å². The van der Waals surface area contributed by atoms with Crippen LogP contribution in [0.1, 0.15) is 11.6 Å². The summed E-state index contributed by atoms with van der Waals surface area (Å²) in [5, 5.41) is 3.36. The van der Waals surface area contributed by atoms with E-state index in [2.05, 4.69) is 45.4 Å². The molecule has 3 rings (SSSR count). The molecule has 2 fully saturated rings. The molecule has 1 N–H and O–H groups in total. The van der Waals surface area contributed by atoms with Gasteiger partial charge in [0.25, 0.3) is 0 Å². The van der Waals surface area contributed by atoms with Crippen molar-refractivity contribution < 1.29 is 4.74 Å². The highest BCUT2D eigenvalue weighted by Crippen LogP contribution is 2.23. The molecule has 0 aliphatic carbocycles. The molecule has 2 saturated heterocycles. The Hall–Kier alpha value is -0.940. The molecule has 0 amide bonds. The van der Waals surface area contributed by atoms with E-state index in [1.165, 1.54) is 31.7 Å². The predicted molar refractivity (Wildman–Crippen MR) is 80.9 cm³/mol. The standard InChI is InChI=1S/C16H25N3O/c1-20-13-16(14-5-3-2-4-6-14)19-9-7-18(8-10-19)15-11-17-12-15/h2-6,15-17H,7-13H2,1H3. The number of rotatable bonds is 5. The number of hydrogen-bond donors (Lipinski definition) is 1. The average Bonchev–Trinajstić information content (AvgIpc) is 2.45. The van der Waals surface area contributed by atoms with Crippen LogP contribution >= 0.6 is 0 Å². The van der Waals surface area contributed by atoms with Gasteiger partial charge in [-0.3, -0.25) is 9.80 Å². The van der Waals surface area contributed by atoms with Crippen LogP contribution in [0, 0.1) is 0 Å². The number of nitrogens with zero attached hydrogens (tertiary/aromatic N) is 2. The Morgan fingerprint density at radius 3 is 2.40 bits per heavy atom. The number of benzene rings is 1. The normalized spacial score (nSPS) is 23.4. The van der Waals surface area contributed by atoms with E-state index >= 15 is 0 Å². The number of ether oxygens (including phenoxy) is 1. The van der Waals surface area contributed by atoms with E-state index in [0.717, 1.165) is 25.7 Å². The summed E-state index contributed by atoms with van der Waals surface area (Å²) in [7, 11) is 1.80. The molecule has 1 aromatic rings. The zero-order chi connectivity index (χ0) is 13.8. The minimum atomic E-state index is 0.392. The SMILES string of the molecule is COCC(c1ccccc1)N1CCN(C2CNC2)CC1. The third kappa shape index (κ3) is 3.04. The van der Waals surface area contributed by atoms with Crippen LogP contribution < -0.4 is 5.32 Å². The Bertz CT molecular complexity index is 399. The minimum absolute atomic E-state index is 0.392. The van der Waals surface area contributed by atoms with Crippen LogP contribution in [-0.2, 0) is 4.74 Å². The molecule has 2 heterocycles. The summed E-state index contributed by atoms with van der Waals surface area (Å²) in [4.78, 5) is 5.20. The fourth-order valence-corrected chi connectivity index (χ4v) is 3.19. The van der Waals surface area contributed by atoms with Crippen molar-refractivity contribution in [3.63, 3.8) is 0 Å². The lowest BCUT2D eigenvalue weighted by molar-refractivity contribution is 0.0251. The van der Waals surface area contributed by atoms with Crippen LogP contribution in [0.5, 0.6) is 0 Å². The first-order chi connectivity index (χ1) is 9.88. The molecule has 1 unspecified atom stereocenters. The van der Waals surface area contributed by atoms with Gasteiger partial charge < -0.3 is 10.1 Å². The summed E-state index contributed by atoms with van der Waals surface area (Å²) < 4.78 is 5.45. The molecule has 1 aromatic carbocycles. The Kier molecular flexibility index (Phi) is 4.68. The van der Waals surface area contributed by atoms with E-state index in [-0.39, 0.29) is 0 Å². The maximum Gasteiger partial charge on any atom is 0.0659 e. The van der Waals surface area contributed by atoms with Gasteiger partial charge in [-0.05, 0) is 5.56 Å². The first-order valence-corrected chi connectivity index (χ1v) is 7.61. The Morgan fingerprint density at radius 2 is 1.85 bits per heavy atom. The van der Waals surface area contributed by atoms with Gasteiger partial charge in [-0.1, -0.05) is 30.3 Å². The summed E-state index contributed by atoms with van der Waals surface area (Å²) in [5.41, 5.74) is 1.37. The van der Waals surface area contributed by atoms with Gasteiger partial charge in [0, 0.05) is 52.4 Å². The van der Waals surface area contributed by atoms with E-state index in [0.29, 0.717) is 6.04 Å². The van der Waals surface area contributed by atoms with Crippen LogP contribution in [0.2, 0.25) is 0 Å². The molecule has 2 aliphatic heterocycles. The summed E-state index contributed by atoms with van der Waals surface area (Å²) in [6.45, 7) is 7.74. The maximum atomic E-state index is 5.45. The van der Waals surface area contributed by atoms with E-state index in [1.54, 1.807) is 7.11 Å². The molecule has 20 heavy (non-hydrogen) atoms. The zero-order valence-electron chi connectivity index (χ0n) is 12.3. The molecule has 4 heteroatoms. The van der Waals surface area contributed by atoms with Gasteiger partial charge >= 0.3 is 0 Å². The number of nitrogens with one attached hydrogen (secondary N) is 1. The van der Waals surface area contributed by atoms with Crippen molar-refractivity contribution in [2.24, 2.45) is 0 Å². The fourth-order valence-electron chi connectivity index (χ4n) is 3.19. The van der Waals surface area contributed by atoms with E-state index in [4.69, 9.17) is 4.74 Å². The van der Waals surface area contributed by atoms with Gasteiger partial charge in [-0.15, -0.1) is 0 Å². The van der Waals surface area contributed by atoms with Crippen LogP contribution in [0.25, 0.3) is 0 Å². The lowest BCUT2D eigenvalue weighted by atomic mass is 10.0. The summed E-state index contributed by atoms with van der Waals surface area (Å²) in [6.07, 6.45) is 0. The molecule has 0 radical (unpaired) electrons. The van der Waals surface area contributed by atoms with E-state index in [9.17, 15) is 0 Å². The molecule has 0 spiro atoms. The molecule has 110 valence electrons. The Balaban J connectivity index is 1.61. The topological polar surface area (TPSA) is 27.7 Å². The highest BCUT2D eigenvalue weighted by atomic mass is 16.5. The lowest BCUT2D eigenvalue weighted by Gasteiger charge is -2.45. The average molecular weight is 275 g/mol. The zero-order valence-corrected chi connectivity index (χ0v) is 12.3. The van der Waals surface area contributed by atoms with Crippen molar-refractivity contribution in [2.45, 2.75) is 12.1 Å². The monoisotopic (exact) mass is 275 g/mol. The summed E-state index contributed by atoms with van der Waals surface area (Å²) >= 11 is 0. The van der Waals surface area contributed by atoms with Crippen molar-refractivity contribution in [3.05, 3.63) is 35.9 Å². The predicted octanol–water partition coefficient (Wildman–Crippen LogP) is 0.964. The van der Waals surface area contributed by atoms with Crippen LogP contribution in [0.3, 0.4) is 0 Å². The molecule has 1 atom stereocenters. The van der Waals surface area contributed by atoms with Crippen molar-refractivity contribution in [1.82, 2.24) is 15.1 Å². The van der Waals surface area contributed by atoms with Crippen LogP contribution in [0.15, 0.2) is 30.3 Å². The molecule has 0 saturated carbocycles. The lowest BCUT2D eigenvalue weighted by Crippen LogP contribution is -2.61. The van der Waals surface area contributed by atoms with E-state index < -0.39 is 0 Å². The Morgan fingerprint density at radius 1 is 1.15 bits per heavy atom. The number of hydrogen-bond acceptors (Lipinski definition) is 4. The summed E-state index contributed by atoms with van der Waals surface area (Å²) in [5.74, 6) is 0. The van der Waals surface area contributed by atoms with Gasteiger partial charge in [0.1, 0.15) is 0 Å². The highest BCUT2D eigenvalue weighted by molar-refractivity contribution is 5.19. The quantitative estimate of drug-likeness (QED) is 0.866. The van der Waals surface area contributed by atoms with Gasteiger partial charge in [0.05, 0.1) is 12.6 Å². The highest BCUT2D eigenvalue weighted by Gasteiger charge is 2.30.